The fourth-order valence-corrected chi connectivity index (χ4v) is 3.83. The number of fused-ring (bicyclic) bond motifs is 1. The van der Waals surface area contributed by atoms with Crippen molar-refractivity contribution in [3.8, 4) is 28.3 Å². The molecule has 188 valence electrons. The molecule has 0 unspecified atom stereocenters. The maximum atomic E-state index is 14.8. The minimum Gasteiger partial charge on any atom is -0.477 e. The fraction of sp³-hybridized carbons (Fsp3) is 0.321. The van der Waals surface area contributed by atoms with E-state index in [9.17, 15) is 9.18 Å². The Hall–Kier alpha value is -3.78. The predicted octanol–water partition coefficient (Wildman–Crippen LogP) is 5.85. The lowest BCUT2D eigenvalue weighted by Gasteiger charge is -2.14. The van der Waals surface area contributed by atoms with Gasteiger partial charge in [-0.15, -0.1) is 0 Å². The Morgan fingerprint density at radius 2 is 1.83 bits per heavy atom. The number of carbonyl (C=O) groups is 1. The lowest BCUT2D eigenvalue weighted by atomic mass is 9.98. The largest absolute Gasteiger partial charge is 0.477 e. The lowest BCUT2D eigenvalue weighted by molar-refractivity contribution is -0.142. The van der Waals surface area contributed by atoms with Crippen LogP contribution in [0.1, 0.15) is 26.3 Å². The second-order valence-corrected chi connectivity index (χ2v) is 8.53. The van der Waals surface area contributed by atoms with Crippen molar-refractivity contribution in [3.63, 3.8) is 0 Å². The number of hydrogen-bond donors (Lipinski definition) is 0. The van der Waals surface area contributed by atoms with Gasteiger partial charge in [0.15, 0.2) is 0 Å². The second-order valence-electron chi connectivity index (χ2n) is 8.53. The van der Waals surface area contributed by atoms with Crippen LogP contribution in [0.25, 0.3) is 33.6 Å². The van der Waals surface area contributed by atoms with E-state index in [1.807, 2.05) is 31.2 Å². The summed E-state index contributed by atoms with van der Waals surface area (Å²) in [6, 6.07) is 14.5. The maximum absolute atomic E-state index is 14.8. The summed E-state index contributed by atoms with van der Waals surface area (Å²) < 4.78 is 37.4. The van der Waals surface area contributed by atoms with E-state index in [2.05, 4.69) is 16.9 Å². The monoisotopic (exact) mass is 492 g/mol. The van der Waals surface area contributed by atoms with Crippen LogP contribution in [0.5, 0.6) is 5.88 Å². The molecule has 0 fully saturated rings. The van der Waals surface area contributed by atoms with Crippen molar-refractivity contribution < 1.29 is 27.8 Å². The predicted molar refractivity (Wildman–Crippen MR) is 134 cm³/mol. The van der Waals surface area contributed by atoms with Gasteiger partial charge in [-0.3, -0.25) is 4.79 Å². The smallest absolute Gasteiger partial charge is 0.302 e. The molecule has 2 aromatic carbocycles. The molecule has 0 saturated heterocycles. The molecule has 0 aliphatic heterocycles. The molecule has 0 radical (unpaired) electrons. The van der Waals surface area contributed by atoms with Gasteiger partial charge in [-0.1, -0.05) is 50.2 Å². The SMILES string of the molecule is CCc1ccc(-c2c(-c3ccccc3F)oc3ncnc(OC[C@H](C)COCCOC(C)=O)c23)cc1. The molecule has 4 aromatic rings. The summed E-state index contributed by atoms with van der Waals surface area (Å²) in [7, 11) is 0. The first kappa shape index (κ1) is 25.3. The molecule has 0 N–H and O–H groups in total. The number of esters is 1. The molecule has 0 bridgehead atoms. The van der Waals surface area contributed by atoms with Gasteiger partial charge < -0.3 is 18.6 Å². The lowest BCUT2D eigenvalue weighted by Crippen LogP contribution is -2.17. The number of aromatic nitrogens is 2. The molecular formula is C28H29FN2O5. The van der Waals surface area contributed by atoms with Crippen molar-refractivity contribution in [2.45, 2.75) is 27.2 Å². The highest BCUT2D eigenvalue weighted by Crippen LogP contribution is 2.44. The number of ether oxygens (including phenoxy) is 3. The number of hydrogen-bond acceptors (Lipinski definition) is 7. The highest BCUT2D eigenvalue weighted by atomic mass is 19.1. The average Bonchev–Trinajstić information content (AvgIpc) is 3.27. The number of rotatable bonds is 11. The van der Waals surface area contributed by atoms with Crippen molar-refractivity contribution in [1.29, 1.82) is 0 Å². The summed E-state index contributed by atoms with van der Waals surface area (Å²) in [6.07, 6.45) is 2.28. The number of halogens is 1. The third kappa shape index (κ3) is 5.88. The third-order valence-electron chi connectivity index (χ3n) is 5.66. The van der Waals surface area contributed by atoms with Crippen LogP contribution >= 0.6 is 0 Å². The summed E-state index contributed by atoms with van der Waals surface area (Å²) in [5.41, 5.74) is 3.38. The van der Waals surface area contributed by atoms with Crippen molar-refractivity contribution >= 4 is 17.1 Å². The first-order valence-corrected chi connectivity index (χ1v) is 11.9. The zero-order chi connectivity index (χ0) is 25.5. The fourth-order valence-electron chi connectivity index (χ4n) is 3.83. The Bertz CT molecular complexity index is 1320. The molecule has 8 heteroatoms. The average molecular weight is 493 g/mol. The van der Waals surface area contributed by atoms with Crippen LogP contribution in [0, 0.1) is 11.7 Å². The Morgan fingerprint density at radius 3 is 2.56 bits per heavy atom. The molecule has 0 aliphatic carbocycles. The maximum Gasteiger partial charge on any atom is 0.302 e. The van der Waals surface area contributed by atoms with Crippen molar-refractivity contribution in [2.24, 2.45) is 5.92 Å². The molecule has 4 rings (SSSR count). The Balaban J connectivity index is 1.65. The Labute approximate surface area is 209 Å². The van der Waals surface area contributed by atoms with E-state index in [0.29, 0.717) is 53.7 Å². The molecule has 2 heterocycles. The molecule has 0 spiro atoms. The molecule has 0 saturated carbocycles. The first-order valence-electron chi connectivity index (χ1n) is 11.9. The van der Waals surface area contributed by atoms with Gasteiger partial charge in [0.25, 0.3) is 0 Å². The van der Waals surface area contributed by atoms with Gasteiger partial charge in [-0.2, -0.15) is 0 Å². The van der Waals surface area contributed by atoms with Crippen LogP contribution in [0.4, 0.5) is 4.39 Å². The number of carbonyl (C=O) groups excluding carboxylic acids is 1. The number of benzene rings is 2. The number of aryl methyl sites for hydroxylation is 1. The van der Waals surface area contributed by atoms with E-state index in [1.165, 1.54) is 24.9 Å². The molecule has 2 aromatic heterocycles. The Morgan fingerprint density at radius 1 is 1.06 bits per heavy atom. The molecule has 1 atom stereocenters. The third-order valence-corrected chi connectivity index (χ3v) is 5.66. The minimum absolute atomic E-state index is 0.0394. The van der Waals surface area contributed by atoms with E-state index >= 15 is 0 Å². The summed E-state index contributed by atoms with van der Waals surface area (Å²) in [5.74, 6) is 0.0421. The summed E-state index contributed by atoms with van der Waals surface area (Å²) in [5, 5.41) is 0.586. The second kappa shape index (κ2) is 11.8. The van der Waals surface area contributed by atoms with Crippen LogP contribution in [0.3, 0.4) is 0 Å². The first-order chi connectivity index (χ1) is 17.5. The van der Waals surface area contributed by atoms with Crippen LogP contribution in [-0.4, -0.2) is 42.4 Å². The standard InChI is InChI=1S/C28H29FN2O5/c1-4-20-9-11-21(12-10-20)24-25-27(35-16-18(2)15-33-13-14-34-19(3)32)30-17-31-28(25)36-26(24)22-7-5-6-8-23(22)29/h5-12,17-18H,4,13-16H2,1-3H3/t18-/m1/s1. The van der Waals surface area contributed by atoms with Crippen molar-refractivity contribution in [2.75, 3.05) is 26.4 Å². The van der Waals surface area contributed by atoms with Gasteiger partial charge in [0.05, 0.1) is 25.4 Å². The van der Waals surface area contributed by atoms with E-state index in [4.69, 9.17) is 18.6 Å². The van der Waals surface area contributed by atoms with E-state index in [1.54, 1.807) is 18.2 Å². The Kier molecular flexibility index (Phi) is 8.28. The number of nitrogens with zero attached hydrogens (tertiary/aromatic N) is 2. The summed E-state index contributed by atoms with van der Waals surface area (Å²) in [6.45, 7) is 6.71. The van der Waals surface area contributed by atoms with Gasteiger partial charge in [-0.05, 0) is 29.7 Å². The molecule has 36 heavy (non-hydrogen) atoms. The van der Waals surface area contributed by atoms with Crippen LogP contribution < -0.4 is 4.74 Å². The highest BCUT2D eigenvalue weighted by Gasteiger charge is 2.24. The molecule has 7 nitrogen and oxygen atoms in total. The minimum atomic E-state index is -0.391. The van der Waals surface area contributed by atoms with Gasteiger partial charge >= 0.3 is 5.97 Å². The molecular weight excluding hydrogens is 463 g/mol. The zero-order valence-electron chi connectivity index (χ0n) is 20.6. The topological polar surface area (TPSA) is 83.7 Å². The van der Waals surface area contributed by atoms with Crippen molar-refractivity contribution in [1.82, 2.24) is 9.97 Å². The van der Waals surface area contributed by atoms with E-state index in [-0.39, 0.29) is 18.5 Å². The summed E-state index contributed by atoms with van der Waals surface area (Å²) >= 11 is 0. The zero-order valence-corrected chi connectivity index (χ0v) is 20.6. The van der Waals surface area contributed by atoms with Crippen molar-refractivity contribution in [3.05, 3.63) is 66.2 Å². The normalized spacial score (nSPS) is 12.0. The quantitative estimate of drug-likeness (QED) is 0.192. The highest BCUT2D eigenvalue weighted by molar-refractivity contribution is 6.03. The van der Waals surface area contributed by atoms with Gasteiger partial charge in [-0.25, -0.2) is 14.4 Å². The van der Waals surface area contributed by atoms with E-state index in [0.717, 1.165) is 12.0 Å². The van der Waals surface area contributed by atoms with Crippen LogP contribution in [-0.2, 0) is 20.7 Å². The number of furan rings is 1. The molecule has 0 amide bonds. The van der Waals surface area contributed by atoms with Gasteiger partial charge in [0.1, 0.15) is 29.9 Å². The molecule has 0 aliphatic rings. The van der Waals surface area contributed by atoms with Gasteiger partial charge in [0, 0.05) is 18.4 Å². The van der Waals surface area contributed by atoms with Crippen LogP contribution in [0.2, 0.25) is 0 Å². The van der Waals surface area contributed by atoms with Gasteiger partial charge in [0.2, 0.25) is 11.6 Å². The van der Waals surface area contributed by atoms with E-state index < -0.39 is 5.82 Å². The van der Waals surface area contributed by atoms with Crippen LogP contribution in [0.15, 0.2) is 59.3 Å². The summed E-state index contributed by atoms with van der Waals surface area (Å²) in [4.78, 5) is 19.5.